The number of halogens is 3. The predicted molar refractivity (Wildman–Crippen MR) is 134 cm³/mol. The van der Waals surface area contributed by atoms with Crippen LogP contribution < -0.4 is 0 Å². The van der Waals surface area contributed by atoms with E-state index in [0.717, 1.165) is 56.0 Å². The van der Waals surface area contributed by atoms with Crippen LogP contribution in [0.2, 0.25) is 0 Å². The average molecular weight is 565 g/mol. The molecule has 210 valence electrons. The van der Waals surface area contributed by atoms with Crippen LogP contribution in [-0.2, 0) is 22.6 Å². The Balaban J connectivity index is 0.881. The van der Waals surface area contributed by atoms with Gasteiger partial charge in [-0.25, -0.2) is 18.2 Å². The molecule has 39 heavy (non-hydrogen) atoms. The number of benzene rings is 1. The van der Waals surface area contributed by atoms with Crippen molar-refractivity contribution in [2.75, 3.05) is 45.5 Å². The van der Waals surface area contributed by atoms with Crippen molar-refractivity contribution < 1.29 is 26.4 Å². The van der Waals surface area contributed by atoms with Crippen LogP contribution in [0.5, 0.6) is 0 Å². The number of hydrogen-bond acceptors (Lipinski definition) is 6. The molecule has 3 saturated heterocycles. The first-order valence-electron chi connectivity index (χ1n) is 13.4. The van der Waals surface area contributed by atoms with E-state index in [4.69, 9.17) is 0 Å². The Hall–Kier alpha value is -2.67. The van der Waals surface area contributed by atoms with E-state index in [9.17, 15) is 26.4 Å². The Kier molecular flexibility index (Phi) is 5.31. The van der Waals surface area contributed by atoms with Crippen molar-refractivity contribution in [3.05, 3.63) is 41.0 Å². The molecule has 0 radical (unpaired) electrons. The van der Waals surface area contributed by atoms with E-state index in [1.165, 1.54) is 18.9 Å². The fourth-order valence-corrected chi connectivity index (χ4v) is 8.05. The molecule has 1 N–H and O–H groups in total. The molecule has 2 aromatic rings. The lowest BCUT2D eigenvalue weighted by molar-refractivity contribution is -0.137. The van der Waals surface area contributed by atoms with Gasteiger partial charge in [-0.2, -0.15) is 18.3 Å². The van der Waals surface area contributed by atoms with Gasteiger partial charge >= 0.3 is 12.2 Å². The lowest BCUT2D eigenvalue weighted by atomic mass is 9.57. The Morgan fingerprint density at radius 1 is 1.03 bits per heavy atom. The molecule has 0 bridgehead atoms. The molecule has 4 heterocycles. The highest BCUT2D eigenvalue weighted by Crippen LogP contribution is 2.56. The summed E-state index contributed by atoms with van der Waals surface area (Å²) in [6.07, 6.45) is 0.766. The summed E-state index contributed by atoms with van der Waals surface area (Å²) in [5.74, 6) is 2.89. The van der Waals surface area contributed by atoms with Crippen molar-refractivity contribution in [2.24, 2.45) is 10.8 Å². The summed E-state index contributed by atoms with van der Waals surface area (Å²) in [7, 11) is -3.81. The van der Waals surface area contributed by atoms with Gasteiger partial charge in [-0.15, -0.1) is 0 Å². The summed E-state index contributed by atoms with van der Waals surface area (Å²) in [5, 5.41) is 7.50. The molecular formula is C26H31F3N6O3S. The lowest BCUT2D eigenvalue weighted by Gasteiger charge is -2.63. The van der Waals surface area contributed by atoms with Crippen LogP contribution >= 0.6 is 0 Å². The molecular weight excluding hydrogens is 533 g/mol. The summed E-state index contributed by atoms with van der Waals surface area (Å²) in [5.41, 5.74) is -0.408. The van der Waals surface area contributed by atoms with Crippen LogP contribution in [0.3, 0.4) is 0 Å². The third-order valence-corrected chi connectivity index (χ3v) is 10.3. The summed E-state index contributed by atoms with van der Waals surface area (Å²) in [6, 6.07) is 3.00. The molecule has 0 unspecified atom stereocenters. The van der Waals surface area contributed by atoms with Gasteiger partial charge in [-0.3, -0.25) is 10.00 Å². The zero-order valence-electron chi connectivity index (χ0n) is 21.7. The summed E-state index contributed by atoms with van der Waals surface area (Å²) >= 11 is 0. The number of aromatic amines is 1. The number of amides is 2. The first-order chi connectivity index (χ1) is 18.3. The summed E-state index contributed by atoms with van der Waals surface area (Å²) in [6.45, 7) is 4.50. The van der Waals surface area contributed by atoms with Gasteiger partial charge in [-0.05, 0) is 43.4 Å². The van der Waals surface area contributed by atoms with E-state index >= 15 is 0 Å². The van der Waals surface area contributed by atoms with E-state index in [1.807, 2.05) is 14.7 Å². The van der Waals surface area contributed by atoms with Gasteiger partial charge in [0.15, 0.2) is 15.7 Å². The molecule has 9 nitrogen and oxygen atoms in total. The summed E-state index contributed by atoms with van der Waals surface area (Å²) in [4.78, 5) is 23.2. The normalized spacial score (nSPS) is 24.3. The maximum absolute atomic E-state index is 13.1. The van der Waals surface area contributed by atoms with Crippen LogP contribution in [0.4, 0.5) is 18.0 Å². The Bertz CT molecular complexity index is 1420. The van der Waals surface area contributed by atoms with E-state index in [-0.39, 0.29) is 28.3 Å². The Labute approximate surface area is 224 Å². The van der Waals surface area contributed by atoms with E-state index in [2.05, 4.69) is 15.2 Å². The number of aromatic nitrogens is 3. The fraction of sp³-hybridized carbons (Fsp3) is 0.654. The van der Waals surface area contributed by atoms with E-state index in [0.29, 0.717) is 43.6 Å². The number of likely N-dealkylation sites (tertiary alicyclic amines) is 3. The number of sulfone groups is 1. The maximum atomic E-state index is 13.1. The quantitative estimate of drug-likeness (QED) is 0.599. The second-order valence-corrected chi connectivity index (χ2v) is 14.7. The third-order valence-electron chi connectivity index (χ3n) is 9.16. The number of H-pyrrole nitrogens is 1. The number of carbonyl (C=O) groups excluding carboxylic acids is 1. The van der Waals surface area contributed by atoms with Crippen LogP contribution in [0.25, 0.3) is 0 Å². The largest absolute Gasteiger partial charge is 0.416 e. The molecule has 2 amide bonds. The van der Waals surface area contributed by atoms with Crippen LogP contribution in [-0.4, -0.2) is 89.9 Å². The highest BCUT2D eigenvalue weighted by Gasteiger charge is 2.58. The van der Waals surface area contributed by atoms with Gasteiger partial charge in [0.2, 0.25) is 0 Å². The van der Waals surface area contributed by atoms with E-state index < -0.39 is 21.6 Å². The number of rotatable bonds is 5. The molecule has 3 aliphatic heterocycles. The van der Waals surface area contributed by atoms with Gasteiger partial charge < -0.3 is 9.80 Å². The number of carbonyl (C=O) groups is 1. The fourth-order valence-electron chi connectivity index (χ4n) is 7.10. The van der Waals surface area contributed by atoms with Crippen LogP contribution in [0.1, 0.15) is 60.3 Å². The smallest absolute Gasteiger partial charge is 0.323 e. The van der Waals surface area contributed by atoms with Crippen molar-refractivity contribution in [1.82, 2.24) is 29.9 Å². The average Bonchev–Trinajstić information content (AvgIpc) is 3.48. The van der Waals surface area contributed by atoms with Crippen molar-refractivity contribution in [3.63, 3.8) is 0 Å². The van der Waals surface area contributed by atoms with Gasteiger partial charge in [-0.1, -0.05) is 6.07 Å². The molecule has 1 aromatic carbocycles. The first-order valence-corrected chi connectivity index (χ1v) is 15.3. The maximum Gasteiger partial charge on any atom is 0.416 e. The zero-order chi connectivity index (χ0) is 27.4. The molecule has 2 saturated carbocycles. The minimum atomic E-state index is -4.60. The Morgan fingerprint density at radius 2 is 1.67 bits per heavy atom. The van der Waals surface area contributed by atoms with Gasteiger partial charge in [0.25, 0.3) is 0 Å². The third kappa shape index (κ3) is 4.41. The molecule has 0 atom stereocenters. The number of nitrogens with zero attached hydrogens (tertiary/aromatic N) is 5. The van der Waals surface area contributed by atoms with Crippen molar-refractivity contribution >= 4 is 15.9 Å². The minimum absolute atomic E-state index is 0.0121. The molecule has 13 heteroatoms. The van der Waals surface area contributed by atoms with Gasteiger partial charge in [0.1, 0.15) is 5.82 Å². The molecule has 5 aliphatic rings. The topological polar surface area (TPSA) is 103 Å². The highest BCUT2D eigenvalue weighted by atomic mass is 32.2. The second-order valence-electron chi connectivity index (χ2n) is 12.7. The highest BCUT2D eigenvalue weighted by molar-refractivity contribution is 7.90. The van der Waals surface area contributed by atoms with Crippen molar-refractivity contribution in [2.45, 2.75) is 55.1 Å². The first kappa shape index (κ1) is 25.3. The molecule has 1 aromatic heterocycles. The van der Waals surface area contributed by atoms with Crippen molar-refractivity contribution in [1.29, 1.82) is 0 Å². The second kappa shape index (κ2) is 8.18. The van der Waals surface area contributed by atoms with Crippen LogP contribution in [0.15, 0.2) is 23.1 Å². The molecule has 5 fully saturated rings. The monoisotopic (exact) mass is 564 g/mol. The van der Waals surface area contributed by atoms with E-state index in [1.54, 1.807) is 0 Å². The number of urea groups is 1. The minimum Gasteiger partial charge on any atom is -0.323 e. The van der Waals surface area contributed by atoms with Gasteiger partial charge in [0, 0.05) is 74.7 Å². The number of nitrogens with one attached hydrogen (secondary N) is 1. The Morgan fingerprint density at radius 3 is 2.26 bits per heavy atom. The van der Waals surface area contributed by atoms with Crippen molar-refractivity contribution in [3.8, 4) is 0 Å². The predicted octanol–water partition coefficient (Wildman–Crippen LogP) is 3.22. The number of alkyl halides is 3. The molecule has 2 aliphatic carbocycles. The standard InChI is InChI=1S/C26H31F3N6O3S/c1-39(37,38)20-6-19(26(27,28)29)5-4-17(20)9-33-10-25(11-33)14-35(15-25)23(36)34-12-24(13-34)7-18(8-24)22-30-21(31-32-22)16-2-3-16/h4-6,16,18H,2-3,7-15H2,1H3,(H,30,31,32). The molecule has 2 spiro atoms. The SMILES string of the molecule is CS(=O)(=O)c1cc(C(F)(F)F)ccc1CN1CC2(C1)CN(C(=O)N1CC3(CC(c4n[nH]c(C5CC5)n4)C3)C1)C2. The van der Waals surface area contributed by atoms with Crippen LogP contribution in [0, 0.1) is 10.8 Å². The summed E-state index contributed by atoms with van der Waals surface area (Å²) < 4.78 is 63.7. The number of hydrogen-bond donors (Lipinski definition) is 1. The zero-order valence-corrected chi connectivity index (χ0v) is 22.5. The molecule has 7 rings (SSSR count). The lowest BCUT2D eigenvalue weighted by Crippen LogP contribution is -2.75. The van der Waals surface area contributed by atoms with Gasteiger partial charge in [0.05, 0.1) is 10.5 Å².